The number of hydrogen-bond donors (Lipinski definition) is 1. The zero-order chi connectivity index (χ0) is 18.8. The molecule has 27 heavy (non-hydrogen) atoms. The van der Waals surface area contributed by atoms with Crippen molar-refractivity contribution in [1.29, 1.82) is 0 Å². The second kappa shape index (κ2) is 8.31. The molecule has 2 heterocycles. The Kier molecular flexibility index (Phi) is 5.83. The number of nitrogens with zero attached hydrogens (tertiary/aromatic N) is 2. The number of carbonyl (C=O) groups excluding carboxylic acids is 1. The molecule has 2 fully saturated rings. The SMILES string of the molecule is Nc1scc(CN2CCN(C3CCCC3)CC2)c1C(=O)c1ccc(Cl)cc1. The number of ketones is 1. The predicted molar refractivity (Wildman–Crippen MR) is 113 cm³/mol. The summed E-state index contributed by atoms with van der Waals surface area (Å²) in [5.74, 6) is -0.00925. The van der Waals surface area contributed by atoms with Gasteiger partial charge in [-0.05, 0) is 48.1 Å². The van der Waals surface area contributed by atoms with Gasteiger partial charge in [0.15, 0.2) is 5.78 Å². The Balaban J connectivity index is 1.43. The lowest BCUT2D eigenvalue weighted by Crippen LogP contribution is -2.49. The number of benzene rings is 1. The van der Waals surface area contributed by atoms with Crippen LogP contribution in [-0.4, -0.2) is 47.8 Å². The van der Waals surface area contributed by atoms with Crippen molar-refractivity contribution in [3.63, 3.8) is 0 Å². The first-order chi connectivity index (χ1) is 13.1. The van der Waals surface area contributed by atoms with E-state index in [2.05, 4.69) is 9.80 Å². The first kappa shape index (κ1) is 18.9. The predicted octanol–water partition coefficient (Wildman–Crippen LogP) is 4.27. The average molecular weight is 404 g/mol. The van der Waals surface area contributed by atoms with Crippen LogP contribution in [0.25, 0.3) is 0 Å². The summed E-state index contributed by atoms with van der Waals surface area (Å²) in [6.45, 7) is 5.16. The Morgan fingerprint density at radius 1 is 1.11 bits per heavy atom. The first-order valence-electron chi connectivity index (χ1n) is 9.74. The van der Waals surface area contributed by atoms with Crippen molar-refractivity contribution in [3.8, 4) is 0 Å². The van der Waals surface area contributed by atoms with Gasteiger partial charge in [-0.3, -0.25) is 14.6 Å². The molecule has 2 aliphatic rings. The third-order valence-electron chi connectivity index (χ3n) is 5.87. The Morgan fingerprint density at radius 2 is 1.78 bits per heavy atom. The Bertz CT molecular complexity index is 790. The fourth-order valence-electron chi connectivity index (χ4n) is 4.33. The molecule has 1 aliphatic heterocycles. The number of halogens is 1. The van der Waals surface area contributed by atoms with E-state index in [1.165, 1.54) is 37.0 Å². The molecule has 4 nitrogen and oxygen atoms in total. The largest absolute Gasteiger partial charge is 0.390 e. The second-order valence-corrected chi connectivity index (χ2v) is 8.93. The van der Waals surface area contributed by atoms with Crippen molar-refractivity contribution >= 4 is 33.7 Å². The molecule has 1 aliphatic carbocycles. The van der Waals surface area contributed by atoms with Crippen LogP contribution in [0.3, 0.4) is 0 Å². The molecular weight excluding hydrogens is 378 g/mol. The van der Waals surface area contributed by atoms with Crippen LogP contribution in [0.2, 0.25) is 5.02 Å². The van der Waals surface area contributed by atoms with Crippen LogP contribution in [0.15, 0.2) is 29.6 Å². The van der Waals surface area contributed by atoms with Crippen LogP contribution in [0.1, 0.15) is 47.2 Å². The lowest BCUT2D eigenvalue weighted by atomic mass is 10.0. The number of nitrogen functional groups attached to an aromatic ring is 1. The highest BCUT2D eigenvalue weighted by Gasteiger charge is 2.27. The second-order valence-electron chi connectivity index (χ2n) is 7.59. The maximum absolute atomic E-state index is 13.0. The van der Waals surface area contributed by atoms with E-state index in [0.29, 0.717) is 21.2 Å². The van der Waals surface area contributed by atoms with Gasteiger partial charge in [0.05, 0.1) is 10.6 Å². The van der Waals surface area contributed by atoms with Crippen LogP contribution >= 0.6 is 22.9 Å². The van der Waals surface area contributed by atoms with Gasteiger partial charge in [0.1, 0.15) is 0 Å². The van der Waals surface area contributed by atoms with Gasteiger partial charge >= 0.3 is 0 Å². The number of piperazine rings is 1. The number of anilines is 1. The van der Waals surface area contributed by atoms with Crippen LogP contribution in [0, 0.1) is 0 Å². The molecule has 2 N–H and O–H groups in total. The minimum atomic E-state index is -0.00925. The summed E-state index contributed by atoms with van der Waals surface area (Å²) >= 11 is 7.41. The van der Waals surface area contributed by atoms with Crippen molar-refractivity contribution in [2.75, 3.05) is 31.9 Å². The van der Waals surface area contributed by atoms with Crippen molar-refractivity contribution in [3.05, 3.63) is 51.4 Å². The lowest BCUT2D eigenvalue weighted by molar-refractivity contribution is 0.0930. The van der Waals surface area contributed by atoms with E-state index in [4.69, 9.17) is 17.3 Å². The quantitative estimate of drug-likeness (QED) is 0.757. The van der Waals surface area contributed by atoms with Gasteiger partial charge in [-0.1, -0.05) is 24.4 Å². The van der Waals surface area contributed by atoms with Gasteiger partial charge in [-0.15, -0.1) is 11.3 Å². The lowest BCUT2D eigenvalue weighted by Gasteiger charge is -2.38. The minimum Gasteiger partial charge on any atom is -0.390 e. The summed E-state index contributed by atoms with van der Waals surface area (Å²) in [6, 6.07) is 7.84. The van der Waals surface area contributed by atoms with Crippen molar-refractivity contribution < 1.29 is 4.79 Å². The molecular formula is C21H26ClN3OS. The number of thiophene rings is 1. The van der Waals surface area contributed by atoms with Crippen molar-refractivity contribution in [2.45, 2.75) is 38.3 Å². The summed E-state index contributed by atoms with van der Waals surface area (Å²) in [4.78, 5) is 18.1. The van der Waals surface area contributed by atoms with Gasteiger partial charge in [0.2, 0.25) is 0 Å². The smallest absolute Gasteiger partial charge is 0.196 e. The third-order valence-corrected chi connectivity index (χ3v) is 6.98. The van der Waals surface area contributed by atoms with Gasteiger partial charge in [-0.2, -0.15) is 0 Å². The van der Waals surface area contributed by atoms with E-state index in [1.807, 2.05) is 5.38 Å². The molecule has 0 bridgehead atoms. The molecule has 4 rings (SSSR count). The molecule has 1 aromatic heterocycles. The Labute approximate surface area is 169 Å². The molecule has 0 amide bonds. The summed E-state index contributed by atoms with van der Waals surface area (Å²) < 4.78 is 0. The summed E-state index contributed by atoms with van der Waals surface area (Å²) in [5, 5.41) is 3.28. The van der Waals surface area contributed by atoms with Crippen molar-refractivity contribution in [2.24, 2.45) is 0 Å². The summed E-state index contributed by atoms with van der Waals surface area (Å²) in [7, 11) is 0. The molecule has 144 valence electrons. The maximum atomic E-state index is 13.0. The number of hydrogen-bond acceptors (Lipinski definition) is 5. The molecule has 1 aromatic carbocycles. The zero-order valence-electron chi connectivity index (χ0n) is 15.5. The van der Waals surface area contributed by atoms with Crippen LogP contribution in [0.4, 0.5) is 5.00 Å². The molecule has 2 aromatic rings. The number of nitrogens with two attached hydrogens (primary N) is 1. The van der Waals surface area contributed by atoms with Gasteiger partial charge in [0.25, 0.3) is 0 Å². The number of carbonyl (C=O) groups is 1. The van der Waals surface area contributed by atoms with Crippen molar-refractivity contribution in [1.82, 2.24) is 9.80 Å². The van der Waals surface area contributed by atoms with Gasteiger partial charge < -0.3 is 5.73 Å². The molecule has 1 saturated carbocycles. The third kappa shape index (κ3) is 4.21. The van der Waals surface area contributed by atoms with Gasteiger partial charge in [-0.25, -0.2) is 0 Å². The van der Waals surface area contributed by atoms with E-state index in [9.17, 15) is 4.79 Å². The molecule has 0 radical (unpaired) electrons. The summed E-state index contributed by atoms with van der Waals surface area (Å²) in [5.41, 5.74) is 8.52. The highest BCUT2D eigenvalue weighted by atomic mass is 35.5. The van der Waals surface area contributed by atoms with E-state index < -0.39 is 0 Å². The highest BCUT2D eigenvalue weighted by Crippen LogP contribution is 2.30. The average Bonchev–Trinajstić information content (AvgIpc) is 3.33. The monoisotopic (exact) mass is 403 g/mol. The first-order valence-corrected chi connectivity index (χ1v) is 11.0. The Hall–Kier alpha value is -1.40. The van der Waals surface area contributed by atoms with Gasteiger partial charge in [0, 0.05) is 49.4 Å². The van der Waals surface area contributed by atoms with Crippen LogP contribution in [-0.2, 0) is 6.54 Å². The fourth-order valence-corrected chi connectivity index (χ4v) is 5.26. The molecule has 6 heteroatoms. The fraction of sp³-hybridized carbons (Fsp3) is 0.476. The maximum Gasteiger partial charge on any atom is 0.196 e. The topological polar surface area (TPSA) is 49.6 Å². The van der Waals surface area contributed by atoms with Crippen LogP contribution < -0.4 is 5.73 Å². The minimum absolute atomic E-state index is 0.00925. The van der Waals surface area contributed by atoms with E-state index >= 15 is 0 Å². The van der Waals surface area contributed by atoms with Crippen LogP contribution in [0.5, 0.6) is 0 Å². The number of rotatable bonds is 5. The standard InChI is InChI=1S/C21H26ClN3OS/c22-17-7-5-15(6-8-17)20(26)19-16(14-27-21(19)23)13-24-9-11-25(12-10-24)18-3-1-2-4-18/h5-8,14,18H,1-4,9-13,23H2. The van der Waals surface area contributed by atoms with E-state index in [1.54, 1.807) is 24.3 Å². The van der Waals surface area contributed by atoms with E-state index in [0.717, 1.165) is 44.3 Å². The summed E-state index contributed by atoms with van der Waals surface area (Å²) in [6.07, 6.45) is 5.49. The van der Waals surface area contributed by atoms with E-state index in [-0.39, 0.29) is 5.78 Å². The zero-order valence-corrected chi connectivity index (χ0v) is 17.1. The Morgan fingerprint density at radius 3 is 2.44 bits per heavy atom. The highest BCUT2D eigenvalue weighted by molar-refractivity contribution is 7.14. The normalized spacial score (nSPS) is 19.6. The molecule has 1 saturated heterocycles. The molecule has 0 atom stereocenters. The molecule has 0 spiro atoms. The molecule has 0 unspecified atom stereocenters.